The van der Waals surface area contributed by atoms with E-state index in [-0.39, 0.29) is 17.7 Å². The zero-order valence-corrected chi connectivity index (χ0v) is 16.8. The average Bonchev–Trinajstić information content (AvgIpc) is 2.64. The van der Waals surface area contributed by atoms with Gasteiger partial charge < -0.3 is 5.32 Å². The summed E-state index contributed by atoms with van der Waals surface area (Å²) in [5.74, 6) is -0.496. The summed E-state index contributed by atoms with van der Waals surface area (Å²) in [6.45, 7) is 5.66. The highest BCUT2D eigenvalue weighted by Gasteiger charge is 2.62. The number of piperidine rings is 1. The van der Waals surface area contributed by atoms with Gasteiger partial charge in [0.05, 0.1) is 0 Å². The molecule has 146 valence electrons. The second-order valence-corrected chi connectivity index (χ2v) is 9.36. The number of hydrogen-bond acceptors (Lipinski definition) is 3. The molecule has 0 radical (unpaired) electrons. The van der Waals surface area contributed by atoms with E-state index < -0.39 is 16.2 Å². The first-order valence-electron chi connectivity index (χ1n) is 9.70. The van der Waals surface area contributed by atoms with Crippen molar-refractivity contribution in [2.75, 3.05) is 12.4 Å². The summed E-state index contributed by atoms with van der Waals surface area (Å²) in [5, 5.41) is 5.11. The van der Waals surface area contributed by atoms with Crippen molar-refractivity contribution in [2.45, 2.75) is 40.0 Å². The van der Waals surface area contributed by atoms with Gasteiger partial charge in [-0.25, -0.2) is 0 Å². The first-order chi connectivity index (χ1) is 13.1. The number of carbonyl (C=O) groups excluding carboxylic acids is 3. The summed E-state index contributed by atoms with van der Waals surface area (Å²) in [7, 11) is 1.55. The van der Waals surface area contributed by atoms with Crippen molar-refractivity contribution in [3.63, 3.8) is 0 Å². The highest BCUT2D eigenvalue weighted by atomic mass is 16.2. The van der Waals surface area contributed by atoms with E-state index in [1.807, 2.05) is 63.2 Å². The molecular weight excluding hydrogens is 352 g/mol. The minimum atomic E-state index is -0.800. The molecular formula is C23H26N2O3. The van der Waals surface area contributed by atoms with Crippen molar-refractivity contribution in [1.82, 2.24) is 4.90 Å². The third kappa shape index (κ3) is 2.64. The maximum absolute atomic E-state index is 13.4. The molecule has 2 atom stereocenters. The van der Waals surface area contributed by atoms with Crippen LogP contribution in [0.4, 0.5) is 5.69 Å². The molecule has 2 aromatic rings. The van der Waals surface area contributed by atoms with Crippen LogP contribution in [0.15, 0.2) is 42.5 Å². The van der Waals surface area contributed by atoms with E-state index in [2.05, 4.69) is 5.32 Å². The van der Waals surface area contributed by atoms with Crippen LogP contribution >= 0.6 is 0 Å². The van der Waals surface area contributed by atoms with Crippen molar-refractivity contribution in [3.05, 3.63) is 42.5 Å². The van der Waals surface area contributed by atoms with Gasteiger partial charge in [0, 0.05) is 34.4 Å². The quantitative estimate of drug-likeness (QED) is 0.804. The Labute approximate surface area is 165 Å². The Morgan fingerprint density at radius 2 is 1.46 bits per heavy atom. The molecule has 3 amide bonds. The molecule has 1 aliphatic heterocycles. The Bertz CT molecular complexity index is 979. The molecule has 1 saturated heterocycles. The topological polar surface area (TPSA) is 66.5 Å². The lowest BCUT2D eigenvalue weighted by Crippen LogP contribution is -2.63. The molecule has 2 aliphatic rings. The van der Waals surface area contributed by atoms with Gasteiger partial charge in [0.25, 0.3) is 0 Å². The molecule has 2 unspecified atom stereocenters. The van der Waals surface area contributed by atoms with E-state index in [1.54, 1.807) is 7.05 Å². The molecule has 28 heavy (non-hydrogen) atoms. The van der Waals surface area contributed by atoms with Gasteiger partial charge in [0.2, 0.25) is 17.7 Å². The fraction of sp³-hybridized carbons (Fsp3) is 0.435. The number of nitrogens with one attached hydrogen (secondary N) is 1. The molecule has 1 N–H and O–H groups in total. The lowest BCUT2D eigenvalue weighted by atomic mass is 9.51. The number of benzene rings is 2. The van der Waals surface area contributed by atoms with Gasteiger partial charge in [0.15, 0.2) is 0 Å². The fourth-order valence-corrected chi connectivity index (χ4v) is 5.74. The van der Waals surface area contributed by atoms with E-state index in [4.69, 9.17) is 0 Å². The van der Waals surface area contributed by atoms with Gasteiger partial charge >= 0.3 is 0 Å². The van der Waals surface area contributed by atoms with Crippen molar-refractivity contribution in [2.24, 2.45) is 16.2 Å². The smallest absolute Gasteiger partial charge is 0.234 e. The predicted molar refractivity (Wildman–Crippen MR) is 109 cm³/mol. The maximum atomic E-state index is 13.4. The van der Waals surface area contributed by atoms with Crippen LogP contribution < -0.4 is 5.32 Å². The van der Waals surface area contributed by atoms with Crippen LogP contribution in [0.3, 0.4) is 0 Å². The maximum Gasteiger partial charge on any atom is 0.234 e. The molecule has 1 heterocycles. The van der Waals surface area contributed by atoms with Gasteiger partial charge in [-0.05, 0) is 30.7 Å². The number of amides is 3. The van der Waals surface area contributed by atoms with E-state index in [1.165, 1.54) is 4.90 Å². The van der Waals surface area contributed by atoms with Crippen LogP contribution in [0, 0.1) is 16.2 Å². The fourth-order valence-electron chi connectivity index (χ4n) is 5.74. The summed E-state index contributed by atoms with van der Waals surface area (Å²) < 4.78 is 0. The summed E-state index contributed by atoms with van der Waals surface area (Å²) >= 11 is 0. The zero-order valence-electron chi connectivity index (χ0n) is 16.8. The second kappa shape index (κ2) is 5.90. The van der Waals surface area contributed by atoms with Gasteiger partial charge in [0.1, 0.15) is 0 Å². The van der Waals surface area contributed by atoms with Crippen molar-refractivity contribution < 1.29 is 14.4 Å². The Hall–Kier alpha value is -2.69. The molecule has 1 aliphatic carbocycles. The number of rotatable bonds is 2. The van der Waals surface area contributed by atoms with Gasteiger partial charge in [-0.2, -0.15) is 0 Å². The predicted octanol–water partition coefficient (Wildman–Crippen LogP) is 3.98. The monoisotopic (exact) mass is 378 g/mol. The Kier molecular flexibility index (Phi) is 3.93. The van der Waals surface area contributed by atoms with E-state index in [9.17, 15) is 14.4 Å². The van der Waals surface area contributed by atoms with E-state index in [0.717, 1.165) is 16.5 Å². The van der Waals surface area contributed by atoms with Gasteiger partial charge in [-0.15, -0.1) is 0 Å². The summed E-state index contributed by atoms with van der Waals surface area (Å²) in [6.07, 6.45) is 1.37. The van der Waals surface area contributed by atoms with Gasteiger partial charge in [-0.1, -0.05) is 57.2 Å². The van der Waals surface area contributed by atoms with Crippen molar-refractivity contribution in [3.8, 4) is 0 Å². The first kappa shape index (κ1) is 18.7. The molecule has 0 aromatic heterocycles. The summed E-state index contributed by atoms with van der Waals surface area (Å²) in [5.41, 5.74) is -1.46. The highest BCUT2D eigenvalue weighted by Crippen LogP contribution is 2.58. The highest BCUT2D eigenvalue weighted by molar-refractivity contribution is 6.07. The van der Waals surface area contributed by atoms with Crippen LogP contribution in [-0.4, -0.2) is 29.7 Å². The number of imide groups is 1. The SMILES string of the molecule is CN1C(=O)C2(C)CC(C)(C(=O)Nc3cccc4ccccc34)CC(C)(C2)C1=O. The normalized spacial score (nSPS) is 32.5. The third-order valence-electron chi connectivity index (χ3n) is 6.57. The number of carbonyl (C=O) groups is 3. The van der Waals surface area contributed by atoms with E-state index >= 15 is 0 Å². The molecule has 2 bridgehead atoms. The third-order valence-corrected chi connectivity index (χ3v) is 6.57. The summed E-state index contributed by atoms with van der Waals surface area (Å²) in [4.78, 5) is 40.3. The number of likely N-dealkylation sites (tertiary alicyclic amines) is 1. The molecule has 5 nitrogen and oxygen atoms in total. The first-order valence-corrected chi connectivity index (χ1v) is 9.70. The van der Waals surface area contributed by atoms with E-state index in [0.29, 0.717) is 19.3 Å². The van der Waals surface area contributed by atoms with Crippen LogP contribution in [0.2, 0.25) is 0 Å². The standard InChI is InChI=1S/C23H26N2O3/c1-21(12-22(2)14-23(3,13-21)20(28)25(4)19(22)27)18(26)24-17-11-7-9-15-8-5-6-10-16(15)17/h5-11H,12-14H2,1-4H3,(H,24,26). The Morgan fingerprint density at radius 3 is 2.11 bits per heavy atom. The largest absolute Gasteiger partial charge is 0.325 e. The number of nitrogens with zero attached hydrogens (tertiary/aromatic N) is 1. The van der Waals surface area contributed by atoms with Crippen molar-refractivity contribution >= 4 is 34.2 Å². The molecule has 5 heteroatoms. The number of hydrogen-bond donors (Lipinski definition) is 1. The molecule has 4 rings (SSSR count). The Morgan fingerprint density at radius 1 is 0.893 bits per heavy atom. The average molecular weight is 378 g/mol. The second-order valence-electron chi connectivity index (χ2n) is 9.36. The van der Waals surface area contributed by atoms with Crippen LogP contribution in [-0.2, 0) is 14.4 Å². The lowest BCUT2D eigenvalue weighted by molar-refractivity contribution is -0.177. The number of fused-ring (bicyclic) bond motifs is 3. The molecule has 1 saturated carbocycles. The van der Waals surface area contributed by atoms with Crippen LogP contribution in [0.5, 0.6) is 0 Å². The zero-order chi connectivity index (χ0) is 20.3. The summed E-state index contributed by atoms with van der Waals surface area (Å²) in [6, 6.07) is 13.7. The lowest BCUT2D eigenvalue weighted by Gasteiger charge is -2.55. The van der Waals surface area contributed by atoms with Crippen molar-refractivity contribution in [1.29, 1.82) is 0 Å². The molecule has 2 aromatic carbocycles. The van der Waals surface area contributed by atoms with Crippen LogP contribution in [0.25, 0.3) is 10.8 Å². The van der Waals surface area contributed by atoms with Crippen LogP contribution in [0.1, 0.15) is 40.0 Å². The minimum Gasteiger partial charge on any atom is -0.325 e. The minimum absolute atomic E-state index is 0.133. The van der Waals surface area contributed by atoms with Gasteiger partial charge in [-0.3, -0.25) is 19.3 Å². The Balaban J connectivity index is 1.69. The number of anilines is 1. The molecule has 0 spiro atoms. The molecule has 2 fully saturated rings.